The highest BCUT2D eigenvalue weighted by Gasteiger charge is 2.35. The third-order valence-corrected chi connectivity index (χ3v) is 6.76. The summed E-state index contributed by atoms with van der Waals surface area (Å²) in [7, 11) is 0. The van der Waals surface area contributed by atoms with Gasteiger partial charge in [-0.3, -0.25) is 0 Å². The van der Waals surface area contributed by atoms with E-state index in [4.69, 9.17) is 0 Å². The maximum atomic E-state index is 2.48. The zero-order valence-electron chi connectivity index (χ0n) is 16.9. The average Bonchev–Trinajstić information content (AvgIpc) is 2.96. The lowest BCUT2D eigenvalue weighted by Crippen LogP contribution is -2.15. The van der Waals surface area contributed by atoms with Crippen LogP contribution in [0.3, 0.4) is 0 Å². The van der Waals surface area contributed by atoms with Crippen LogP contribution in [-0.4, -0.2) is 0 Å². The summed E-state index contributed by atoms with van der Waals surface area (Å²) in [5.41, 5.74) is 10.3. The lowest BCUT2D eigenvalue weighted by atomic mass is 9.79. The van der Waals surface area contributed by atoms with Crippen LogP contribution in [0.25, 0.3) is 11.1 Å². The molecule has 0 amide bonds. The van der Waals surface area contributed by atoms with Crippen molar-refractivity contribution in [1.82, 2.24) is 0 Å². The fourth-order valence-electron chi connectivity index (χ4n) is 5.20. The van der Waals surface area contributed by atoms with Gasteiger partial charge in [-0.25, -0.2) is 0 Å². The fraction of sp³-hybridized carbons (Fsp3) is 0.286. The van der Waals surface area contributed by atoms with Gasteiger partial charge >= 0.3 is 0 Å². The molecule has 0 spiro atoms. The average molecular weight is 365 g/mol. The molecule has 0 N–H and O–H groups in total. The molecule has 28 heavy (non-hydrogen) atoms. The first-order valence-electron chi connectivity index (χ1n) is 10.6. The number of fused-ring (bicyclic) bond motifs is 3. The van der Waals surface area contributed by atoms with Crippen molar-refractivity contribution in [2.45, 2.75) is 50.9 Å². The van der Waals surface area contributed by atoms with E-state index < -0.39 is 0 Å². The van der Waals surface area contributed by atoms with Gasteiger partial charge in [0.05, 0.1) is 0 Å². The molecule has 0 saturated heterocycles. The lowest BCUT2D eigenvalue weighted by Gasteiger charge is -2.25. The van der Waals surface area contributed by atoms with Gasteiger partial charge in [-0.2, -0.15) is 0 Å². The Morgan fingerprint density at radius 3 is 2.64 bits per heavy atom. The summed E-state index contributed by atoms with van der Waals surface area (Å²) >= 11 is 0. The number of rotatable bonds is 3. The number of hydrogen-bond acceptors (Lipinski definition) is 0. The molecular formula is C28H28. The zero-order valence-corrected chi connectivity index (χ0v) is 16.9. The summed E-state index contributed by atoms with van der Waals surface area (Å²) in [6, 6.07) is 16.2. The van der Waals surface area contributed by atoms with Gasteiger partial charge in [0, 0.05) is 11.3 Å². The van der Waals surface area contributed by atoms with Gasteiger partial charge in [0.1, 0.15) is 0 Å². The first kappa shape index (κ1) is 17.5. The molecule has 0 nitrogen and oxygen atoms in total. The highest BCUT2D eigenvalue weighted by atomic mass is 14.4. The van der Waals surface area contributed by atoms with Crippen LogP contribution in [-0.2, 0) is 5.41 Å². The topological polar surface area (TPSA) is 0 Å². The van der Waals surface area contributed by atoms with E-state index in [1.54, 1.807) is 5.57 Å². The van der Waals surface area contributed by atoms with E-state index >= 15 is 0 Å². The molecule has 0 heteroatoms. The zero-order chi connectivity index (χ0) is 19.1. The van der Waals surface area contributed by atoms with Crippen LogP contribution < -0.4 is 0 Å². The summed E-state index contributed by atoms with van der Waals surface area (Å²) in [6.45, 7) is 4.71. The quantitative estimate of drug-likeness (QED) is 0.525. The van der Waals surface area contributed by atoms with E-state index in [9.17, 15) is 0 Å². The molecule has 0 fully saturated rings. The minimum Gasteiger partial charge on any atom is -0.0840 e. The molecule has 0 heterocycles. The predicted molar refractivity (Wildman–Crippen MR) is 120 cm³/mol. The Bertz CT molecular complexity index is 1040. The Balaban J connectivity index is 1.53. The van der Waals surface area contributed by atoms with E-state index in [-0.39, 0.29) is 5.41 Å². The van der Waals surface area contributed by atoms with Crippen molar-refractivity contribution in [3.8, 4) is 11.1 Å². The first-order chi connectivity index (χ1) is 13.6. The Kier molecular flexibility index (Phi) is 4.23. The second kappa shape index (κ2) is 6.78. The van der Waals surface area contributed by atoms with Crippen molar-refractivity contribution in [2.24, 2.45) is 0 Å². The standard InChI is InChI=1S/C28H28/c1-28(2)26-15-9-8-14-24(26)25-19-22(16-17-27(25)28)23-13-7-6-12-21(23)18-20-10-4-3-5-11-20/h4,6-12,14-17,19,23H,3,5,13,18H2,1-2H3. The van der Waals surface area contributed by atoms with Crippen LogP contribution in [0.4, 0.5) is 0 Å². The smallest absolute Gasteiger partial charge is 0.0158 e. The van der Waals surface area contributed by atoms with Crippen LogP contribution in [0.15, 0.2) is 90.1 Å². The summed E-state index contributed by atoms with van der Waals surface area (Å²) < 4.78 is 0. The molecular weight excluding hydrogens is 336 g/mol. The Morgan fingerprint density at radius 1 is 0.929 bits per heavy atom. The molecule has 140 valence electrons. The third-order valence-electron chi connectivity index (χ3n) is 6.76. The SMILES string of the molecule is CC1(C)c2ccccc2-c2cc(C3CC=CC=C3CC3=CCCC=C3)ccc21. The maximum absolute atomic E-state index is 2.48. The fourth-order valence-corrected chi connectivity index (χ4v) is 5.20. The Labute approximate surface area is 169 Å². The molecule has 0 bridgehead atoms. The minimum atomic E-state index is 0.0906. The number of allylic oxidation sites excluding steroid dienone is 8. The second-order valence-electron chi connectivity index (χ2n) is 8.87. The van der Waals surface area contributed by atoms with Crippen molar-refractivity contribution in [1.29, 1.82) is 0 Å². The largest absolute Gasteiger partial charge is 0.0840 e. The van der Waals surface area contributed by atoms with Gasteiger partial charge in [-0.1, -0.05) is 98.3 Å². The van der Waals surface area contributed by atoms with Gasteiger partial charge in [0.2, 0.25) is 0 Å². The van der Waals surface area contributed by atoms with Crippen molar-refractivity contribution < 1.29 is 0 Å². The molecule has 1 atom stereocenters. The minimum absolute atomic E-state index is 0.0906. The van der Waals surface area contributed by atoms with E-state index in [1.807, 2.05) is 0 Å². The summed E-state index contributed by atoms with van der Waals surface area (Å²) in [4.78, 5) is 0. The number of hydrogen-bond donors (Lipinski definition) is 0. The molecule has 1 unspecified atom stereocenters. The molecule has 0 aliphatic heterocycles. The van der Waals surface area contributed by atoms with Gasteiger partial charge in [-0.05, 0) is 59.1 Å². The van der Waals surface area contributed by atoms with Crippen LogP contribution in [0.5, 0.6) is 0 Å². The van der Waals surface area contributed by atoms with Crippen LogP contribution in [0.1, 0.15) is 62.1 Å². The van der Waals surface area contributed by atoms with Crippen molar-refractivity contribution >= 4 is 0 Å². The summed E-state index contributed by atoms with van der Waals surface area (Å²) in [6.07, 6.45) is 18.5. The van der Waals surface area contributed by atoms with Crippen LogP contribution in [0, 0.1) is 0 Å². The summed E-state index contributed by atoms with van der Waals surface area (Å²) in [5.74, 6) is 0.488. The van der Waals surface area contributed by atoms with Crippen molar-refractivity contribution in [2.75, 3.05) is 0 Å². The monoisotopic (exact) mass is 364 g/mol. The molecule has 5 rings (SSSR count). The van der Waals surface area contributed by atoms with Gasteiger partial charge < -0.3 is 0 Å². The molecule has 0 saturated carbocycles. The van der Waals surface area contributed by atoms with Gasteiger partial charge in [-0.15, -0.1) is 0 Å². The van der Waals surface area contributed by atoms with E-state index in [2.05, 4.69) is 92.8 Å². The Morgan fingerprint density at radius 2 is 1.79 bits per heavy atom. The van der Waals surface area contributed by atoms with Crippen molar-refractivity contribution in [3.05, 3.63) is 107 Å². The third kappa shape index (κ3) is 2.83. The first-order valence-corrected chi connectivity index (χ1v) is 10.6. The van der Waals surface area contributed by atoms with Crippen LogP contribution >= 0.6 is 0 Å². The second-order valence-corrected chi connectivity index (χ2v) is 8.87. The predicted octanol–water partition coefficient (Wildman–Crippen LogP) is 7.63. The highest BCUT2D eigenvalue weighted by molar-refractivity contribution is 5.81. The molecule has 0 aromatic heterocycles. The molecule has 3 aliphatic carbocycles. The van der Waals surface area contributed by atoms with E-state index in [0.29, 0.717) is 5.92 Å². The number of benzene rings is 2. The van der Waals surface area contributed by atoms with Gasteiger partial charge in [0.25, 0.3) is 0 Å². The van der Waals surface area contributed by atoms with E-state index in [1.165, 1.54) is 46.2 Å². The normalized spacial score (nSPS) is 21.7. The van der Waals surface area contributed by atoms with Crippen LogP contribution in [0.2, 0.25) is 0 Å². The highest BCUT2D eigenvalue weighted by Crippen LogP contribution is 2.49. The molecule has 2 aromatic rings. The van der Waals surface area contributed by atoms with Gasteiger partial charge in [0.15, 0.2) is 0 Å². The Hall–Kier alpha value is -2.60. The van der Waals surface area contributed by atoms with Crippen molar-refractivity contribution in [3.63, 3.8) is 0 Å². The molecule has 3 aliphatic rings. The van der Waals surface area contributed by atoms with E-state index in [0.717, 1.165) is 12.8 Å². The molecule has 2 aromatic carbocycles. The lowest BCUT2D eigenvalue weighted by molar-refractivity contribution is 0.659. The molecule has 0 radical (unpaired) electrons. The maximum Gasteiger partial charge on any atom is 0.0158 e. The summed E-state index contributed by atoms with van der Waals surface area (Å²) in [5, 5.41) is 0.